The molecule has 0 aliphatic carbocycles. The van der Waals surface area contributed by atoms with Gasteiger partial charge in [-0.3, -0.25) is 9.78 Å². The predicted octanol–water partition coefficient (Wildman–Crippen LogP) is 3.48. The van der Waals surface area contributed by atoms with Crippen molar-refractivity contribution in [2.45, 2.75) is 32.1 Å². The molecule has 0 unspecified atom stereocenters. The summed E-state index contributed by atoms with van der Waals surface area (Å²) in [5, 5.41) is 4.15. The molecule has 7 nitrogen and oxygen atoms in total. The number of aromatic nitrogens is 3. The van der Waals surface area contributed by atoms with E-state index in [0.717, 1.165) is 29.7 Å². The van der Waals surface area contributed by atoms with Crippen LogP contribution in [0.25, 0.3) is 11.5 Å². The SMILES string of the molecule is CCOc1ccc(CC(=O)N2CCC(c3noc(-c4cccnc4)n3)CC2)cc1. The Balaban J connectivity index is 1.31. The van der Waals surface area contributed by atoms with Gasteiger partial charge in [-0.15, -0.1) is 0 Å². The highest BCUT2D eigenvalue weighted by molar-refractivity contribution is 5.79. The molecule has 1 amide bonds. The standard InChI is InChI=1S/C22H24N4O3/c1-2-28-19-7-5-16(6-8-19)14-20(27)26-12-9-17(10-13-26)21-24-22(29-25-21)18-4-3-11-23-15-18/h3-8,11,15,17H,2,9-10,12-14H2,1H3. The monoisotopic (exact) mass is 392 g/mol. The highest BCUT2D eigenvalue weighted by Crippen LogP contribution is 2.28. The van der Waals surface area contributed by atoms with Gasteiger partial charge >= 0.3 is 0 Å². The van der Waals surface area contributed by atoms with Gasteiger partial charge in [0.25, 0.3) is 5.89 Å². The van der Waals surface area contributed by atoms with Gasteiger partial charge in [0.1, 0.15) is 5.75 Å². The van der Waals surface area contributed by atoms with E-state index in [1.54, 1.807) is 12.4 Å². The van der Waals surface area contributed by atoms with Gasteiger partial charge in [0.05, 0.1) is 18.6 Å². The van der Waals surface area contributed by atoms with E-state index in [2.05, 4.69) is 15.1 Å². The quantitative estimate of drug-likeness (QED) is 0.639. The lowest BCUT2D eigenvalue weighted by Gasteiger charge is -2.30. The van der Waals surface area contributed by atoms with Gasteiger partial charge in [0, 0.05) is 31.4 Å². The average Bonchev–Trinajstić information content (AvgIpc) is 3.26. The van der Waals surface area contributed by atoms with E-state index in [-0.39, 0.29) is 11.8 Å². The number of benzene rings is 1. The third-order valence-electron chi connectivity index (χ3n) is 5.15. The van der Waals surface area contributed by atoms with Crippen molar-refractivity contribution in [3.8, 4) is 17.2 Å². The molecule has 1 aliphatic rings. The number of ether oxygens (including phenoxy) is 1. The third-order valence-corrected chi connectivity index (χ3v) is 5.15. The molecule has 0 bridgehead atoms. The summed E-state index contributed by atoms with van der Waals surface area (Å²) in [6.45, 7) is 4.00. The van der Waals surface area contributed by atoms with Crippen molar-refractivity contribution >= 4 is 5.91 Å². The van der Waals surface area contributed by atoms with E-state index >= 15 is 0 Å². The molecule has 3 heterocycles. The molecule has 0 N–H and O–H groups in total. The summed E-state index contributed by atoms with van der Waals surface area (Å²) in [4.78, 5) is 23.2. The van der Waals surface area contributed by atoms with Crippen molar-refractivity contribution < 1.29 is 14.1 Å². The van der Waals surface area contributed by atoms with E-state index in [9.17, 15) is 4.79 Å². The lowest BCUT2D eigenvalue weighted by Crippen LogP contribution is -2.39. The van der Waals surface area contributed by atoms with Crippen LogP contribution in [0.5, 0.6) is 5.75 Å². The number of likely N-dealkylation sites (tertiary alicyclic amines) is 1. The molecule has 0 atom stereocenters. The Kier molecular flexibility index (Phi) is 5.84. The van der Waals surface area contributed by atoms with Crippen LogP contribution < -0.4 is 4.74 Å². The minimum absolute atomic E-state index is 0.150. The Labute approximate surface area is 169 Å². The Morgan fingerprint density at radius 1 is 1.21 bits per heavy atom. The first kappa shape index (κ1) is 19.1. The second-order valence-electron chi connectivity index (χ2n) is 7.11. The van der Waals surface area contributed by atoms with Crippen LogP contribution >= 0.6 is 0 Å². The molecule has 4 rings (SSSR count). The van der Waals surface area contributed by atoms with Gasteiger partial charge < -0.3 is 14.2 Å². The Morgan fingerprint density at radius 2 is 2.00 bits per heavy atom. The summed E-state index contributed by atoms with van der Waals surface area (Å²) in [7, 11) is 0. The minimum Gasteiger partial charge on any atom is -0.494 e. The molecule has 1 aliphatic heterocycles. The summed E-state index contributed by atoms with van der Waals surface area (Å²) in [5.74, 6) is 2.38. The number of hydrogen-bond acceptors (Lipinski definition) is 6. The van der Waals surface area contributed by atoms with Gasteiger partial charge in [0.2, 0.25) is 5.91 Å². The van der Waals surface area contributed by atoms with E-state index in [1.807, 2.05) is 48.2 Å². The minimum atomic E-state index is 0.150. The van der Waals surface area contributed by atoms with Crippen LogP contribution in [-0.4, -0.2) is 45.6 Å². The number of carbonyl (C=O) groups is 1. The largest absolute Gasteiger partial charge is 0.494 e. The maximum atomic E-state index is 12.6. The third kappa shape index (κ3) is 4.62. The molecule has 1 saturated heterocycles. The highest BCUT2D eigenvalue weighted by Gasteiger charge is 2.27. The van der Waals surface area contributed by atoms with Gasteiger partial charge in [-0.05, 0) is 49.6 Å². The molecular formula is C22H24N4O3. The molecule has 0 saturated carbocycles. The van der Waals surface area contributed by atoms with Crippen LogP contribution in [-0.2, 0) is 11.2 Å². The molecule has 0 spiro atoms. The van der Waals surface area contributed by atoms with Crippen LogP contribution in [0.15, 0.2) is 53.3 Å². The maximum Gasteiger partial charge on any atom is 0.259 e. The second-order valence-corrected chi connectivity index (χ2v) is 7.11. The zero-order valence-electron chi connectivity index (χ0n) is 16.5. The van der Waals surface area contributed by atoms with Gasteiger partial charge in [0.15, 0.2) is 5.82 Å². The summed E-state index contributed by atoms with van der Waals surface area (Å²) >= 11 is 0. The molecule has 2 aromatic heterocycles. The van der Waals surface area contributed by atoms with E-state index in [1.165, 1.54) is 0 Å². The number of piperidine rings is 1. The van der Waals surface area contributed by atoms with Crippen molar-refractivity contribution in [1.29, 1.82) is 0 Å². The number of rotatable bonds is 6. The van der Waals surface area contributed by atoms with Crippen LogP contribution in [0.3, 0.4) is 0 Å². The summed E-state index contributed by atoms with van der Waals surface area (Å²) < 4.78 is 10.8. The molecule has 1 fully saturated rings. The number of pyridine rings is 1. The number of carbonyl (C=O) groups excluding carboxylic acids is 1. The molecule has 1 aromatic carbocycles. The molecular weight excluding hydrogens is 368 g/mol. The van der Waals surface area contributed by atoms with Crippen molar-refractivity contribution in [3.05, 3.63) is 60.2 Å². The zero-order chi connectivity index (χ0) is 20.1. The highest BCUT2D eigenvalue weighted by atomic mass is 16.5. The van der Waals surface area contributed by atoms with Gasteiger partial charge in [-0.1, -0.05) is 17.3 Å². The first-order valence-corrected chi connectivity index (χ1v) is 9.96. The number of amides is 1. The molecule has 0 radical (unpaired) electrons. The molecule has 150 valence electrons. The smallest absolute Gasteiger partial charge is 0.259 e. The van der Waals surface area contributed by atoms with Crippen LogP contribution in [0.1, 0.15) is 37.1 Å². The lowest BCUT2D eigenvalue weighted by molar-refractivity contribution is -0.131. The van der Waals surface area contributed by atoms with E-state index in [4.69, 9.17) is 9.26 Å². The maximum absolute atomic E-state index is 12.6. The number of nitrogens with zero attached hydrogens (tertiary/aromatic N) is 4. The van der Waals surface area contributed by atoms with Crippen molar-refractivity contribution in [2.24, 2.45) is 0 Å². The van der Waals surface area contributed by atoms with Gasteiger partial charge in [-0.25, -0.2) is 0 Å². The molecule has 3 aromatic rings. The Morgan fingerprint density at radius 3 is 2.69 bits per heavy atom. The Hall–Kier alpha value is -3.22. The van der Waals surface area contributed by atoms with E-state index < -0.39 is 0 Å². The Bertz CT molecular complexity index is 932. The van der Waals surface area contributed by atoms with Gasteiger partial charge in [-0.2, -0.15) is 4.98 Å². The summed E-state index contributed by atoms with van der Waals surface area (Å²) in [6.07, 6.45) is 5.49. The topological polar surface area (TPSA) is 81.4 Å². The fourth-order valence-corrected chi connectivity index (χ4v) is 3.55. The lowest BCUT2D eigenvalue weighted by atomic mass is 9.95. The fourth-order valence-electron chi connectivity index (χ4n) is 3.55. The van der Waals surface area contributed by atoms with E-state index in [0.29, 0.717) is 37.8 Å². The molecule has 7 heteroatoms. The normalized spacial score (nSPS) is 14.7. The zero-order valence-corrected chi connectivity index (χ0v) is 16.5. The van der Waals surface area contributed by atoms with Crippen LogP contribution in [0.2, 0.25) is 0 Å². The fraction of sp³-hybridized carbons (Fsp3) is 0.364. The van der Waals surface area contributed by atoms with Crippen LogP contribution in [0.4, 0.5) is 0 Å². The first-order chi connectivity index (χ1) is 14.2. The van der Waals surface area contributed by atoms with Crippen molar-refractivity contribution in [1.82, 2.24) is 20.0 Å². The van der Waals surface area contributed by atoms with Crippen LogP contribution in [0, 0.1) is 0 Å². The summed E-state index contributed by atoms with van der Waals surface area (Å²) in [6, 6.07) is 11.5. The summed E-state index contributed by atoms with van der Waals surface area (Å²) in [5.41, 5.74) is 1.81. The average molecular weight is 392 g/mol. The van der Waals surface area contributed by atoms with Crippen molar-refractivity contribution in [2.75, 3.05) is 19.7 Å². The molecule has 29 heavy (non-hydrogen) atoms. The first-order valence-electron chi connectivity index (χ1n) is 9.96. The second kappa shape index (κ2) is 8.86. The van der Waals surface area contributed by atoms with Crippen molar-refractivity contribution in [3.63, 3.8) is 0 Å². The predicted molar refractivity (Wildman–Crippen MR) is 107 cm³/mol. The number of hydrogen-bond donors (Lipinski definition) is 0.